The fourth-order valence-electron chi connectivity index (χ4n) is 3.57. The molecule has 23 heavy (non-hydrogen) atoms. The zero-order valence-electron chi connectivity index (χ0n) is 12.7. The normalized spacial score (nSPS) is 23.0. The molecule has 3 N–H and O–H groups in total. The third-order valence-corrected chi connectivity index (χ3v) is 4.93. The summed E-state index contributed by atoms with van der Waals surface area (Å²) in [6, 6.07) is 0. The van der Waals surface area contributed by atoms with Crippen molar-refractivity contribution in [3.8, 4) is 0 Å². The van der Waals surface area contributed by atoms with E-state index in [0.717, 1.165) is 5.56 Å². The number of carboxylic acid groups (broad SMARTS) is 1. The van der Waals surface area contributed by atoms with Crippen LogP contribution in [0.5, 0.6) is 0 Å². The van der Waals surface area contributed by atoms with E-state index in [9.17, 15) is 19.5 Å². The Hall–Kier alpha value is -2.38. The predicted molar refractivity (Wildman–Crippen MR) is 79.3 cm³/mol. The van der Waals surface area contributed by atoms with Crippen molar-refractivity contribution in [3.63, 3.8) is 0 Å². The van der Waals surface area contributed by atoms with Crippen LogP contribution in [0.15, 0.2) is 12.4 Å². The van der Waals surface area contributed by atoms with Gasteiger partial charge in [0.15, 0.2) is 0 Å². The third-order valence-electron chi connectivity index (χ3n) is 4.93. The van der Waals surface area contributed by atoms with E-state index in [1.165, 1.54) is 0 Å². The number of carbonyl (C=O) groups is 3. The Bertz CT molecular complexity index is 605. The lowest BCUT2D eigenvalue weighted by atomic mass is 9.77. The monoisotopic (exact) mass is 320 g/mol. The average Bonchev–Trinajstić information content (AvgIpc) is 3.14. The largest absolute Gasteiger partial charge is 0.481 e. The van der Waals surface area contributed by atoms with E-state index in [-0.39, 0.29) is 18.2 Å². The van der Waals surface area contributed by atoms with Gasteiger partial charge in [0, 0.05) is 32.1 Å². The maximum absolute atomic E-state index is 12.3. The lowest BCUT2D eigenvalue weighted by Crippen LogP contribution is -2.56. The van der Waals surface area contributed by atoms with E-state index in [4.69, 9.17) is 0 Å². The first kappa shape index (κ1) is 15.5. The average molecular weight is 320 g/mol. The number of rotatable bonds is 4. The Morgan fingerprint density at radius 2 is 2.13 bits per heavy atom. The molecule has 1 spiro atoms. The number of aliphatic carboxylic acids is 1. The zero-order valence-corrected chi connectivity index (χ0v) is 12.7. The molecule has 1 atom stereocenters. The maximum Gasteiger partial charge on any atom is 0.309 e. The van der Waals surface area contributed by atoms with E-state index in [1.54, 1.807) is 17.3 Å². The van der Waals surface area contributed by atoms with Gasteiger partial charge in [-0.3, -0.25) is 19.5 Å². The highest BCUT2D eigenvalue weighted by atomic mass is 16.4. The molecule has 2 aliphatic rings. The topological polar surface area (TPSA) is 115 Å². The number of nitrogens with zero attached hydrogens (tertiary/aromatic N) is 2. The SMILES string of the molecule is O=C1CC(C(=O)O)C2(CCN(C(=O)CCc3cn[nH]c3)CC2)N1. The van der Waals surface area contributed by atoms with Gasteiger partial charge in [-0.2, -0.15) is 5.10 Å². The van der Waals surface area contributed by atoms with Crippen LogP contribution in [-0.4, -0.2) is 56.6 Å². The second-order valence-corrected chi connectivity index (χ2v) is 6.29. The van der Waals surface area contributed by atoms with E-state index in [1.807, 2.05) is 0 Å². The van der Waals surface area contributed by atoms with E-state index < -0.39 is 17.4 Å². The smallest absolute Gasteiger partial charge is 0.309 e. The first-order valence-corrected chi connectivity index (χ1v) is 7.79. The molecule has 2 amide bonds. The van der Waals surface area contributed by atoms with E-state index >= 15 is 0 Å². The molecule has 1 aromatic heterocycles. The molecule has 0 saturated carbocycles. The molecule has 2 fully saturated rings. The second kappa shape index (κ2) is 6.02. The van der Waals surface area contributed by atoms with Gasteiger partial charge in [-0.1, -0.05) is 0 Å². The summed E-state index contributed by atoms with van der Waals surface area (Å²) in [5, 5.41) is 18.7. The summed E-state index contributed by atoms with van der Waals surface area (Å²) in [5.74, 6) is -1.80. The lowest BCUT2D eigenvalue weighted by molar-refractivity contribution is -0.145. The van der Waals surface area contributed by atoms with Gasteiger partial charge in [0.25, 0.3) is 0 Å². The molecule has 3 heterocycles. The van der Waals surface area contributed by atoms with Crippen molar-refractivity contribution in [2.45, 2.75) is 37.6 Å². The third kappa shape index (κ3) is 3.06. The Kier molecular flexibility index (Phi) is 4.06. The maximum atomic E-state index is 12.3. The van der Waals surface area contributed by atoms with Gasteiger partial charge in [0.05, 0.1) is 17.7 Å². The van der Waals surface area contributed by atoms with Crippen molar-refractivity contribution >= 4 is 17.8 Å². The van der Waals surface area contributed by atoms with Gasteiger partial charge >= 0.3 is 5.97 Å². The van der Waals surface area contributed by atoms with Gasteiger partial charge < -0.3 is 15.3 Å². The molecule has 2 saturated heterocycles. The molecule has 0 aliphatic carbocycles. The number of hydrogen-bond acceptors (Lipinski definition) is 4. The van der Waals surface area contributed by atoms with Crippen molar-refractivity contribution in [3.05, 3.63) is 18.0 Å². The fraction of sp³-hybridized carbons (Fsp3) is 0.600. The van der Waals surface area contributed by atoms with Crippen molar-refractivity contribution in [1.29, 1.82) is 0 Å². The predicted octanol–water partition coefficient (Wildman–Crippen LogP) is -0.0758. The van der Waals surface area contributed by atoms with Gasteiger partial charge in [-0.25, -0.2) is 0 Å². The number of nitrogens with one attached hydrogen (secondary N) is 2. The zero-order chi connectivity index (χ0) is 16.4. The van der Waals surface area contributed by atoms with E-state index in [0.29, 0.717) is 38.8 Å². The van der Waals surface area contributed by atoms with Crippen LogP contribution >= 0.6 is 0 Å². The van der Waals surface area contributed by atoms with Crippen molar-refractivity contribution in [2.24, 2.45) is 5.92 Å². The molecular weight excluding hydrogens is 300 g/mol. The summed E-state index contributed by atoms with van der Waals surface area (Å²) in [5.41, 5.74) is 0.297. The van der Waals surface area contributed by atoms with E-state index in [2.05, 4.69) is 15.5 Å². The van der Waals surface area contributed by atoms with Crippen LogP contribution in [0.1, 0.15) is 31.2 Å². The minimum Gasteiger partial charge on any atom is -0.481 e. The van der Waals surface area contributed by atoms with Gasteiger partial charge in [-0.15, -0.1) is 0 Å². The molecular formula is C15H20N4O4. The summed E-state index contributed by atoms with van der Waals surface area (Å²) in [6.45, 7) is 0.961. The molecule has 124 valence electrons. The minimum atomic E-state index is -0.942. The molecule has 3 rings (SSSR count). The van der Waals surface area contributed by atoms with Crippen LogP contribution in [0.2, 0.25) is 0 Å². The van der Waals surface area contributed by atoms with Crippen molar-refractivity contribution in [2.75, 3.05) is 13.1 Å². The highest BCUT2D eigenvalue weighted by Crippen LogP contribution is 2.37. The van der Waals surface area contributed by atoms with Crippen LogP contribution in [-0.2, 0) is 20.8 Å². The van der Waals surface area contributed by atoms with Gasteiger partial charge in [-0.05, 0) is 24.8 Å². The quantitative estimate of drug-likeness (QED) is 0.718. The highest BCUT2D eigenvalue weighted by Gasteiger charge is 2.51. The molecule has 0 bridgehead atoms. The molecule has 1 unspecified atom stereocenters. The van der Waals surface area contributed by atoms with Crippen molar-refractivity contribution < 1.29 is 19.5 Å². The Morgan fingerprint density at radius 1 is 1.39 bits per heavy atom. The number of H-pyrrole nitrogens is 1. The van der Waals surface area contributed by atoms with Crippen LogP contribution in [0.25, 0.3) is 0 Å². The molecule has 0 aromatic carbocycles. The number of aromatic nitrogens is 2. The summed E-state index contributed by atoms with van der Waals surface area (Å²) >= 11 is 0. The number of hydrogen-bond donors (Lipinski definition) is 3. The summed E-state index contributed by atoms with van der Waals surface area (Å²) in [4.78, 5) is 37.0. The molecule has 0 radical (unpaired) electrons. The highest BCUT2D eigenvalue weighted by molar-refractivity contribution is 5.88. The summed E-state index contributed by atoms with van der Waals surface area (Å²) in [7, 11) is 0. The first-order valence-electron chi connectivity index (χ1n) is 7.79. The Labute approximate surface area is 133 Å². The second-order valence-electron chi connectivity index (χ2n) is 6.29. The van der Waals surface area contributed by atoms with Crippen LogP contribution < -0.4 is 5.32 Å². The molecule has 1 aromatic rings. The van der Waals surface area contributed by atoms with Crippen molar-refractivity contribution in [1.82, 2.24) is 20.4 Å². The number of carboxylic acids is 1. The number of piperidine rings is 1. The number of carbonyl (C=O) groups excluding carboxylic acids is 2. The number of likely N-dealkylation sites (tertiary alicyclic amines) is 1. The number of aromatic amines is 1. The van der Waals surface area contributed by atoms with Crippen LogP contribution in [0, 0.1) is 5.92 Å². The summed E-state index contributed by atoms with van der Waals surface area (Å²) in [6.07, 6.45) is 5.52. The van der Waals surface area contributed by atoms with Crippen LogP contribution in [0.3, 0.4) is 0 Å². The Balaban J connectivity index is 1.56. The number of amides is 2. The van der Waals surface area contributed by atoms with Crippen LogP contribution in [0.4, 0.5) is 0 Å². The lowest BCUT2D eigenvalue weighted by Gasteiger charge is -2.41. The molecule has 8 heteroatoms. The minimum absolute atomic E-state index is 0.0315. The standard InChI is InChI=1S/C15H20N4O4/c20-12-7-11(14(22)23)15(18-12)3-5-19(6-4-15)13(21)2-1-10-8-16-17-9-10/h8-9,11H,1-7H2,(H,16,17)(H,18,20)(H,22,23). The van der Waals surface area contributed by atoms with Gasteiger partial charge in [0.2, 0.25) is 11.8 Å². The molecule has 8 nitrogen and oxygen atoms in total. The fourth-order valence-corrected chi connectivity index (χ4v) is 3.57. The molecule has 2 aliphatic heterocycles. The number of aryl methyl sites for hydroxylation is 1. The Morgan fingerprint density at radius 3 is 2.74 bits per heavy atom. The first-order chi connectivity index (χ1) is 11.0. The van der Waals surface area contributed by atoms with Gasteiger partial charge in [0.1, 0.15) is 0 Å². The summed E-state index contributed by atoms with van der Waals surface area (Å²) < 4.78 is 0.